The molecule has 10 nitrogen and oxygen atoms in total. The first kappa shape index (κ1) is 26.9. The summed E-state index contributed by atoms with van der Waals surface area (Å²) in [5, 5.41) is 0.771. The van der Waals surface area contributed by atoms with Gasteiger partial charge in [-0.3, -0.25) is 9.59 Å². The van der Waals surface area contributed by atoms with E-state index >= 15 is 0 Å². The van der Waals surface area contributed by atoms with Crippen LogP contribution >= 0.6 is 0 Å². The topological polar surface area (TPSA) is 110 Å². The fourth-order valence-corrected chi connectivity index (χ4v) is 7.06. The SMILES string of the molecule is [2H]C1([2H])C2=Cc3cc(OC)ccc3-c3c(C4CCCCC4)c4ccc(cc4n31)C(=O)NS(=O)(=O)N(C)CCOCCN(C)C2=O. The predicted molar refractivity (Wildman–Crippen MR) is 165 cm³/mol. The van der Waals surface area contributed by atoms with Gasteiger partial charge in [-0.05, 0) is 66.3 Å². The Kier molecular flexibility index (Phi) is 7.38. The summed E-state index contributed by atoms with van der Waals surface area (Å²) in [4.78, 5) is 28.9. The molecule has 3 heterocycles. The minimum atomic E-state index is -4.18. The zero-order chi connectivity index (χ0) is 32.1. The molecule has 2 aromatic carbocycles. The molecule has 3 aromatic rings. The average Bonchev–Trinajstić information content (AvgIpc) is 3.33. The molecule has 228 valence electrons. The number of likely N-dealkylation sites (N-methyl/N-ethyl adjacent to an activating group) is 2. The second-order valence-electron chi connectivity index (χ2n) is 11.4. The molecule has 11 heteroatoms. The molecule has 0 saturated heterocycles. The first-order valence-corrected chi connectivity index (χ1v) is 16.1. The van der Waals surface area contributed by atoms with E-state index in [1.807, 2.05) is 18.2 Å². The number of methoxy groups -OCH3 is 1. The Morgan fingerprint density at radius 1 is 1.02 bits per heavy atom. The quantitative estimate of drug-likeness (QED) is 0.468. The number of nitrogens with one attached hydrogen (secondary N) is 1. The van der Waals surface area contributed by atoms with Gasteiger partial charge in [0.25, 0.3) is 11.8 Å². The molecule has 2 amide bonds. The fraction of sp³-hybridized carbons (Fsp3) is 0.438. The molecule has 1 saturated carbocycles. The second kappa shape index (κ2) is 11.8. The minimum absolute atomic E-state index is 0.0113. The summed E-state index contributed by atoms with van der Waals surface area (Å²) in [6.07, 6.45) is 6.67. The molecule has 6 rings (SSSR count). The maximum atomic E-state index is 14.1. The van der Waals surface area contributed by atoms with Gasteiger partial charge in [-0.2, -0.15) is 12.7 Å². The molecule has 43 heavy (non-hydrogen) atoms. The van der Waals surface area contributed by atoms with Crippen molar-refractivity contribution < 1.29 is 30.2 Å². The van der Waals surface area contributed by atoms with E-state index < -0.39 is 28.5 Å². The maximum absolute atomic E-state index is 14.1. The molecule has 1 aromatic heterocycles. The Hall–Kier alpha value is -3.67. The third-order valence-corrected chi connectivity index (χ3v) is 10.1. The first-order valence-electron chi connectivity index (χ1n) is 15.6. The number of nitrogens with zero attached hydrogens (tertiary/aromatic N) is 3. The van der Waals surface area contributed by atoms with E-state index in [9.17, 15) is 20.7 Å². The van der Waals surface area contributed by atoms with Gasteiger partial charge in [-0.15, -0.1) is 0 Å². The zero-order valence-electron chi connectivity index (χ0n) is 26.7. The van der Waals surface area contributed by atoms with Crippen LogP contribution in [0, 0.1) is 0 Å². The number of amides is 2. The van der Waals surface area contributed by atoms with Crippen LogP contribution in [0.4, 0.5) is 0 Å². The van der Waals surface area contributed by atoms with Crippen LogP contribution in [0.1, 0.15) is 62.2 Å². The number of hydrogen-bond donors (Lipinski definition) is 1. The highest BCUT2D eigenvalue weighted by Gasteiger charge is 2.31. The van der Waals surface area contributed by atoms with Crippen molar-refractivity contribution in [1.29, 1.82) is 0 Å². The maximum Gasteiger partial charge on any atom is 0.303 e. The summed E-state index contributed by atoms with van der Waals surface area (Å²) in [5.74, 6) is -0.645. The molecule has 1 fully saturated rings. The van der Waals surface area contributed by atoms with Gasteiger partial charge in [0.15, 0.2) is 0 Å². The monoisotopic (exact) mass is 608 g/mol. The van der Waals surface area contributed by atoms with Crippen molar-refractivity contribution in [1.82, 2.24) is 18.5 Å². The molecule has 4 bridgehead atoms. The van der Waals surface area contributed by atoms with Crippen LogP contribution in [0.2, 0.25) is 0 Å². The zero-order valence-corrected chi connectivity index (χ0v) is 25.5. The average molecular weight is 609 g/mol. The third-order valence-electron chi connectivity index (χ3n) is 8.66. The van der Waals surface area contributed by atoms with Gasteiger partial charge in [0, 0.05) is 54.8 Å². The van der Waals surface area contributed by atoms with Crippen molar-refractivity contribution in [3.05, 3.63) is 58.7 Å². The molecule has 1 N–H and O–H groups in total. The fourth-order valence-electron chi connectivity index (χ4n) is 6.24. The molecule has 3 aliphatic rings. The van der Waals surface area contributed by atoms with Crippen LogP contribution in [0.3, 0.4) is 0 Å². The van der Waals surface area contributed by atoms with Gasteiger partial charge in [-0.1, -0.05) is 25.3 Å². The van der Waals surface area contributed by atoms with E-state index in [0.29, 0.717) is 22.5 Å². The second-order valence-corrected chi connectivity index (χ2v) is 13.2. The Morgan fingerprint density at radius 2 is 1.79 bits per heavy atom. The Bertz CT molecular complexity index is 1810. The number of carbonyl (C=O) groups excluding carboxylic acids is 2. The standard InChI is InChI=1S/C32H38N4O6S/c1-34-13-15-42-16-14-35(2)43(39,40)33-31(37)22-9-11-27-28(19-22)36-20-24(32(34)38)17-23-18-25(41-3)10-12-26(23)30(36)29(27)21-7-5-4-6-8-21/h9-12,17-19,21H,4-8,13-16,20H2,1-3H3,(H,33,37)/i20D2. The lowest BCUT2D eigenvalue weighted by molar-refractivity contribution is -0.126. The number of aromatic nitrogens is 1. The van der Waals surface area contributed by atoms with Crippen LogP contribution in [-0.4, -0.2) is 81.5 Å². The lowest BCUT2D eigenvalue weighted by atomic mass is 9.81. The molecular weight excluding hydrogens is 568 g/mol. The minimum Gasteiger partial charge on any atom is -0.497 e. The molecule has 2 aliphatic heterocycles. The van der Waals surface area contributed by atoms with Crippen LogP contribution in [0.15, 0.2) is 42.0 Å². The van der Waals surface area contributed by atoms with Gasteiger partial charge >= 0.3 is 10.2 Å². The Morgan fingerprint density at radius 3 is 2.56 bits per heavy atom. The van der Waals surface area contributed by atoms with Gasteiger partial charge in [0.1, 0.15) is 5.75 Å². The highest BCUT2D eigenvalue weighted by atomic mass is 32.2. The predicted octanol–water partition coefficient (Wildman–Crippen LogP) is 4.16. The van der Waals surface area contributed by atoms with Crippen molar-refractivity contribution in [2.75, 3.05) is 47.5 Å². The van der Waals surface area contributed by atoms with Gasteiger partial charge in [-0.25, -0.2) is 4.72 Å². The molecule has 1 aliphatic carbocycles. The van der Waals surface area contributed by atoms with Crippen molar-refractivity contribution in [3.8, 4) is 17.0 Å². The van der Waals surface area contributed by atoms with Crippen molar-refractivity contribution in [2.45, 2.75) is 44.5 Å². The first-order chi connectivity index (χ1) is 21.4. The van der Waals surface area contributed by atoms with E-state index in [0.717, 1.165) is 52.9 Å². The Balaban J connectivity index is 1.68. The van der Waals surface area contributed by atoms with E-state index in [2.05, 4.69) is 4.72 Å². The molecule has 0 spiro atoms. The van der Waals surface area contributed by atoms with Crippen LogP contribution in [0.25, 0.3) is 28.2 Å². The Labute approximate surface area is 255 Å². The number of benzene rings is 2. The number of rotatable bonds is 2. The van der Waals surface area contributed by atoms with E-state index in [1.54, 1.807) is 32.4 Å². The summed E-state index contributed by atoms with van der Waals surface area (Å²) in [6, 6.07) is 10.4. The van der Waals surface area contributed by atoms with E-state index in [-0.39, 0.29) is 43.4 Å². The van der Waals surface area contributed by atoms with Crippen LogP contribution in [-0.2, 0) is 26.2 Å². The van der Waals surface area contributed by atoms with Gasteiger partial charge in [0.05, 0.1) is 35.3 Å². The number of fused-ring (bicyclic) bond motifs is 4. The highest BCUT2D eigenvalue weighted by molar-refractivity contribution is 7.87. The summed E-state index contributed by atoms with van der Waals surface area (Å²) >= 11 is 0. The lowest BCUT2D eigenvalue weighted by Crippen LogP contribution is -2.42. The van der Waals surface area contributed by atoms with Crippen LogP contribution < -0.4 is 9.46 Å². The highest BCUT2D eigenvalue weighted by Crippen LogP contribution is 2.47. The number of carbonyl (C=O) groups is 2. The summed E-state index contributed by atoms with van der Waals surface area (Å²) in [6.45, 7) is -2.07. The summed E-state index contributed by atoms with van der Waals surface area (Å²) < 4.78 is 61.1. The van der Waals surface area contributed by atoms with Gasteiger partial charge < -0.3 is 18.9 Å². The lowest BCUT2D eigenvalue weighted by Gasteiger charge is -2.24. The van der Waals surface area contributed by atoms with Crippen molar-refractivity contribution in [2.24, 2.45) is 0 Å². The molecular formula is C32H38N4O6S. The molecule has 0 unspecified atom stereocenters. The number of hydrogen-bond acceptors (Lipinski definition) is 6. The largest absolute Gasteiger partial charge is 0.497 e. The van der Waals surface area contributed by atoms with Crippen molar-refractivity contribution >= 4 is 39.0 Å². The summed E-state index contributed by atoms with van der Waals surface area (Å²) in [7, 11) is 0.320. The smallest absolute Gasteiger partial charge is 0.303 e. The van der Waals surface area contributed by atoms with E-state index in [4.69, 9.17) is 9.47 Å². The normalized spacial score (nSPS) is 22.3. The summed E-state index contributed by atoms with van der Waals surface area (Å²) in [5.41, 5.74) is 3.39. The molecule has 0 radical (unpaired) electrons. The van der Waals surface area contributed by atoms with E-state index in [1.165, 1.54) is 22.6 Å². The van der Waals surface area contributed by atoms with Crippen molar-refractivity contribution in [3.63, 3.8) is 0 Å². The third kappa shape index (κ3) is 5.57. The van der Waals surface area contributed by atoms with Crippen LogP contribution in [0.5, 0.6) is 5.75 Å². The molecule has 0 atom stereocenters. The van der Waals surface area contributed by atoms with Gasteiger partial charge in [0.2, 0.25) is 0 Å². The number of ether oxygens (including phenoxy) is 2.